The average molecular weight is 216 g/mol. The molecule has 0 aliphatic carbocycles. The second-order valence-corrected chi connectivity index (χ2v) is 2.29. The summed E-state index contributed by atoms with van der Waals surface area (Å²) in [6.07, 6.45) is 1.09. The molecule has 1 aromatic rings. The smallest absolute Gasteiger partial charge is 0.377 e. The molecule has 0 amide bonds. The van der Waals surface area contributed by atoms with Crippen LogP contribution < -0.4 is 0 Å². The molecule has 0 fully saturated rings. The summed E-state index contributed by atoms with van der Waals surface area (Å²) >= 11 is 0. The molecule has 0 aromatic carbocycles. The first kappa shape index (κ1) is 11.2. The molecule has 0 atom stereocenters. The van der Waals surface area contributed by atoms with Gasteiger partial charge in [0.1, 0.15) is 5.56 Å². The Hall–Kier alpha value is -1.86. The first-order valence-electron chi connectivity index (χ1n) is 3.84. The van der Waals surface area contributed by atoms with Crippen LogP contribution in [0.2, 0.25) is 0 Å². The lowest BCUT2D eigenvalue weighted by Gasteiger charge is -2.01. The lowest BCUT2D eigenvalue weighted by atomic mass is 10.2. The van der Waals surface area contributed by atoms with Crippen LogP contribution in [0.15, 0.2) is 16.7 Å². The van der Waals surface area contributed by atoms with Crippen LogP contribution in [0.5, 0.6) is 0 Å². The van der Waals surface area contributed by atoms with Gasteiger partial charge in [0.25, 0.3) is 0 Å². The van der Waals surface area contributed by atoms with Crippen LogP contribution >= 0.6 is 0 Å². The number of aliphatic hydroxyl groups excluding tert-OH is 2. The van der Waals surface area contributed by atoms with E-state index in [0.717, 1.165) is 6.26 Å². The Bertz CT molecular complexity index is 321. The molecule has 0 aliphatic heterocycles. The fourth-order valence-corrected chi connectivity index (χ4v) is 0.889. The summed E-state index contributed by atoms with van der Waals surface area (Å²) in [7, 11) is 0. The van der Waals surface area contributed by atoms with Crippen LogP contribution in [-0.2, 0) is 9.47 Å². The van der Waals surface area contributed by atoms with E-state index >= 15 is 0 Å². The fourth-order valence-electron chi connectivity index (χ4n) is 0.889. The number of rotatable bonds is 4. The summed E-state index contributed by atoms with van der Waals surface area (Å²) in [4.78, 5) is 22.2. The maximum atomic E-state index is 11.1. The largest absolute Gasteiger partial charge is 0.456 e. The molecule has 1 heterocycles. The van der Waals surface area contributed by atoms with E-state index in [4.69, 9.17) is 10.2 Å². The Morgan fingerprint density at radius 3 is 2.40 bits per heavy atom. The molecule has 7 nitrogen and oxygen atoms in total. The number of hydrogen-bond acceptors (Lipinski definition) is 7. The number of carbonyl (C=O) groups excluding carboxylic acids is 2. The lowest BCUT2D eigenvalue weighted by Crippen LogP contribution is -2.12. The Balaban J connectivity index is 2.86. The summed E-state index contributed by atoms with van der Waals surface area (Å²) in [6, 6.07) is 1.19. The van der Waals surface area contributed by atoms with Crippen molar-refractivity contribution in [1.29, 1.82) is 0 Å². The van der Waals surface area contributed by atoms with Crippen molar-refractivity contribution in [1.82, 2.24) is 0 Å². The first-order valence-corrected chi connectivity index (χ1v) is 3.84. The van der Waals surface area contributed by atoms with Gasteiger partial charge in [-0.2, -0.15) is 0 Å². The van der Waals surface area contributed by atoms with E-state index < -0.39 is 25.5 Å². The molecule has 0 bridgehead atoms. The highest BCUT2D eigenvalue weighted by Gasteiger charge is 2.22. The highest BCUT2D eigenvalue weighted by atomic mass is 16.6. The minimum absolute atomic E-state index is 0.178. The number of aliphatic hydroxyl groups is 2. The van der Waals surface area contributed by atoms with Crippen molar-refractivity contribution in [3.63, 3.8) is 0 Å². The fraction of sp³-hybridized carbons (Fsp3) is 0.250. The van der Waals surface area contributed by atoms with Gasteiger partial charge in [-0.05, 0) is 6.07 Å². The monoisotopic (exact) mass is 216 g/mol. The van der Waals surface area contributed by atoms with E-state index in [2.05, 4.69) is 13.9 Å². The van der Waals surface area contributed by atoms with Crippen LogP contribution in [0.1, 0.15) is 20.9 Å². The van der Waals surface area contributed by atoms with Crippen LogP contribution in [0.3, 0.4) is 0 Å². The molecule has 2 N–H and O–H groups in total. The van der Waals surface area contributed by atoms with Crippen molar-refractivity contribution in [2.24, 2.45) is 0 Å². The number of hydrogen-bond donors (Lipinski definition) is 2. The third-order valence-electron chi connectivity index (χ3n) is 1.46. The van der Waals surface area contributed by atoms with E-state index in [1.165, 1.54) is 6.07 Å². The molecule has 0 spiro atoms. The van der Waals surface area contributed by atoms with E-state index in [9.17, 15) is 9.59 Å². The molecule has 1 aromatic heterocycles. The molecular weight excluding hydrogens is 208 g/mol. The number of furan rings is 1. The Kier molecular flexibility index (Phi) is 3.83. The number of esters is 2. The zero-order chi connectivity index (χ0) is 11.3. The average Bonchev–Trinajstić information content (AvgIpc) is 2.66. The van der Waals surface area contributed by atoms with E-state index in [1.54, 1.807) is 0 Å². The van der Waals surface area contributed by atoms with Gasteiger partial charge in [-0.15, -0.1) is 0 Å². The van der Waals surface area contributed by atoms with E-state index in [1.807, 2.05) is 0 Å². The Morgan fingerprint density at radius 1 is 1.20 bits per heavy atom. The minimum Gasteiger partial charge on any atom is -0.456 e. The second kappa shape index (κ2) is 5.13. The minimum atomic E-state index is -0.993. The molecule has 1 rings (SSSR count). The van der Waals surface area contributed by atoms with Crippen molar-refractivity contribution in [2.75, 3.05) is 13.6 Å². The molecule has 0 aliphatic rings. The van der Waals surface area contributed by atoms with Gasteiger partial charge in [-0.3, -0.25) is 0 Å². The van der Waals surface area contributed by atoms with Gasteiger partial charge in [0.15, 0.2) is 13.6 Å². The predicted molar refractivity (Wildman–Crippen MR) is 43.7 cm³/mol. The summed E-state index contributed by atoms with van der Waals surface area (Å²) in [5.74, 6) is -2.30. The lowest BCUT2D eigenvalue weighted by molar-refractivity contribution is 0.0000566. The van der Waals surface area contributed by atoms with Gasteiger partial charge in [0.05, 0.1) is 6.26 Å². The van der Waals surface area contributed by atoms with E-state index in [-0.39, 0.29) is 11.3 Å². The van der Waals surface area contributed by atoms with Gasteiger partial charge < -0.3 is 24.1 Å². The van der Waals surface area contributed by atoms with Crippen molar-refractivity contribution in [2.45, 2.75) is 0 Å². The van der Waals surface area contributed by atoms with Crippen molar-refractivity contribution >= 4 is 11.9 Å². The summed E-state index contributed by atoms with van der Waals surface area (Å²) in [5, 5.41) is 16.7. The maximum absolute atomic E-state index is 11.1. The number of ether oxygens (including phenoxy) is 2. The van der Waals surface area contributed by atoms with Gasteiger partial charge >= 0.3 is 11.9 Å². The van der Waals surface area contributed by atoms with Gasteiger partial charge in [-0.25, -0.2) is 9.59 Å². The van der Waals surface area contributed by atoms with Crippen LogP contribution in [-0.4, -0.2) is 35.7 Å². The molecular formula is C8H8O7. The molecule has 0 saturated heterocycles. The zero-order valence-corrected chi connectivity index (χ0v) is 7.50. The Labute approximate surface area is 83.8 Å². The molecule has 0 saturated carbocycles. The topological polar surface area (TPSA) is 106 Å². The van der Waals surface area contributed by atoms with Crippen LogP contribution in [0.4, 0.5) is 0 Å². The van der Waals surface area contributed by atoms with E-state index in [0.29, 0.717) is 0 Å². The third-order valence-corrected chi connectivity index (χ3v) is 1.46. The van der Waals surface area contributed by atoms with Gasteiger partial charge in [0, 0.05) is 0 Å². The predicted octanol–water partition coefficient (Wildman–Crippen LogP) is -0.507. The first-order chi connectivity index (χ1) is 7.20. The van der Waals surface area contributed by atoms with Gasteiger partial charge in [-0.1, -0.05) is 0 Å². The van der Waals surface area contributed by atoms with Crippen LogP contribution in [0, 0.1) is 0 Å². The summed E-state index contributed by atoms with van der Waals surface area (Å²) in [6.45, 7) is -1.63. The molecule has 0 radical (unpaired) electrons. The summed E-state index contributed by atoms with van der Waals surface area (Å²) < 4.78 is 13.1. The quantitative estimate of drug-likeness (QED) is 0.515. The molecule has 7 heteroatoms. The third kappa shape index (κ3) is 2.55. The van der Waals surface area contributed by atoms with Crippen LogP contribution in [0.25, 0.3) is 0 Å². The SMILES string of the molecule is O=C(OCO)c1ccoc1C(=O)OCO. The molecule has 82 valence electrons. The standard InChI is InChI=1S/C8H8O7/c9-3-14-7(11)5-1-2-13-6(5)8(12)15-4-10/h1-2,9-10H,3-4H2. The Morgan fingerprint density at radius 2 is 1.80 bits per heavy atom. The van der Waals surface area contributed by atoms with Crippen molar-refractivity contribution in [3.8, 4) is 0 Å². The number of carbonyl (C=O) groups is 2. The summed E-state index contributed by atoms with van der Waals surface area (Å²) in [5.41, 5.74) is -0.178. The highest BCUT2D eigenvalue weighted by Crippen LogP contribution is 2.13. The van der Waals surface area contributed by atoms with Crippen molar-refractivity contribution < 1.29 is 33.7 Å². The zero-order valence-electron chi connectivity index (χ0n) is 7.50. The van der Waals surface area contributed by atoms with Gasteiger partial charge in [0.2, 0.25) is 5.76 Å². The molecule has 15 heavy (non-hydrogen) atoms. The maximum Gasteiger partial charge on any atom is 0.377 e. The second-order valence-electron chi connectivity index (χ2n) is 2.29. The highest BCUT2D eigenvalue weighted by molar-refractivity contribution is 6.01. The molecule has 0 unspecified atom stereocenters. The van der Waals surface area contributed by atoms with Crippen molar-refractivity contribution in [3.05, 3.63) is 23.7 Å². The normalized spacial score (nSPS) is 9.73.